The minimum Gasteiger partial charge on any atom is -0.494 e. The highest BCUT2D eigenvalue weighted by Gasteiger charge is 2.24. The van der Waals surface area contributed by atoms with Gasteiger partial charge in [0.05, 0.1) is 19.5 Å². The lowest BCUT2D eigenvalue weighted by Crippen LogP contribution is -2.39. The molecule has 0 aliphatic carbocycles. The van der Waals surface area contributed by atoms with E-state index in [0.717, 1.165) is 38.9 Å². The molecule has 1 aromatic heterocycles. The summed E-state index contributed by atoms with van der Waals surface area (Å²) in [4.78, 5) is 22.1. The van der Waals surface area contributed by atoms with Crippen molar-refractivity contribution in [3.63, 3.8) is 0 Å². The summed E-state index contributed by atoms with van der Waals surface area (Å²) in [5.74, 6) is 1.33. The van der Waals surface area contributed by atoms with Crippen molar-refractivity contribution in [1.29, 1.82) is 0 Å². The molecule has 19 heavy (non-hydrogen) atoms. The summed E-state index contributed by atoms with van der Waals surface area (Å²) < 4.78 is 4.97. The Morgan fingerprint density at radius 2 is 2.05 bits per heavy atom. The summed E-state index contributed by atoms with van der Waals surface area (Å²) in [6, 6.07) is 0. The molecule has 1 aliphatic heterocycles. The average Bonchev–Trinajstić information content (AvgIpc) is 2.48. The largest absolute Gasteiger partial charge is 0.494 e. The Hall–Kier alpha value is -1.69. The van der Waals surface area contributed by atoms with Crippen molar-refractivity contribution in [1.82, 2.24) is 14.9 Å². The summed E-state index contributed by atoms with van der Waals surface area (Å²) >= 11 is 0. The van der Waals surface area contributed by atoms with E-state index in [2.05, 4.69) is 9.97 Å². The molecule has 6 nitrogen and oxygen atoms in total. The number of piperidine rings is 1. The molecule has 1 saturated heterocycles. The molecule has 2 N–H and O–H groups in total. The summed E-state index contributed by atoms with van der Waals surface area (Å²) in [6.45, 7) is 2.25. The minimum atomic E-state index is -0.103. The Balaban J connectivity index is 1.93. The molecule has 1 amide bonds. The molecule has 0 atom stereocenters. The van der Waals surface area contributed by atoms with Gasteiger partial charge in [-0.15, -0.1) is 0 Å². The quantitative estimate of drug-likeness (QED) is 0.865. The lowest BCUT2D eigenvalue weighted by atomic mass is 9.93. The average molecular weight is 264 g/mol. The fraction of sp³-hybridized carbons (Fsp3) is 0.615. The maximum atomic E-state index is 12.2. The number of nitrogens with two attached hydrogens (primary N) is 1. The van der Waals surface area contributed by atoms with Crippen LogP contribution in [0.1, 0.15) is 29.9 Å². The molecule has 1 fully saturated rings. The Bertz CT molecular complexity index is 413. The van der Waals surface area contributed by atoms with E-state index in [0.29, 0.717) is 11.7 Å². The van der Waals surface area contributed by atoms with E-state index >= 15 is 0 Å². The Labute approximate surface area is 113 Å². The number of amides is 1. The Morgan fingerprint density at radius 1 is 1.42 bits per heavy atom. The van der Waals surface area contributed by atoms with Gasteiger partial charge in [-0.3, -0.25) is 4.79 Å². The molecule has 6 heteroatoms. The number of likely N-dealkylation sites (tertiary alicyclic amines) is 1. The van der Waals surface area contributed by atoms with Crippen LogP contribution in [0.4, 0.5) is 0 Å². The predicted octanol–water partition coefficient (Wildman–Crippen LogP) is 0.686. The van der Waals surface area contributed by atoms with Crippen LogP contribution in [0, 0.1) is 5.92 Å². The van der Waals surface area contributed by atoms with Crippen molar-refractivity contribution in [3.05, 3.63) is 18.2 Å². The van der Waals surface area contributed by atoms with Gasteiger partial charge in [-0.2, -0.15) is 0 Å². The van der Waals surface area contributed by atoms with Gasteiger partial charge < -0.3 is 15.4 Å². The fourth-order valence-corrected chi connectivity index (χ4v) is 2.33. The SMILES string of the molecule is COc1cnc(C(=O)N2CCC(CCN)CC2)nc1. The second kappa shape index (κ2) is 6.47. The van der Waals surface area contributed by atoms with Crippen molar-refractivity contribution in [2.75, 3.05) is 26.7 Å². The third kappa shape index (κ3) is 3.41. The van der Waals surface area contributed by atoms with Gasteiger partial charge in [0.15, 0.2) is 5.75 Å². The number of nitrogens with zero attached hydrogens (tertiary/aromatic N) is 3. The monoisotopic (exact) mass is 264 g/mol. The van der Waals surface area contributed by atoms with Crippen LogP contribution in [-0.2, 0) is 0 Å². The molecule has 104 valence electrons. The van der Waals surface area contributed by atoms with Crippen LogP contribution in [0.5, 0.6) is 5.75 Å². The molecule has 2 rings (SSSR count). The van der Waals surface area contributed by atoms with Gasteiger partial charge in [0, 0.05) is 13.1 Å². The van der Waals surface area contributed by atoms with Crippen LogP contribution < -0.4 is 10.5 Å². The lowest BCUT2D eigenvalue weighted by molar-refractivity contribution is 0.0675. The minimum absolute atomic E-state index is 0.103. The van der Waals surface area contributed by atoms with Gasteiger partial charge in [0.2, 0.25) is 5.82 Å². The number of aromatic nitrogens is 2. The van der Waals surface area contributed by atoms with E-state index in [1.54, 1.807) is 7.11 Å². The first-order valence-corrected chi connectivity index (χ1v) is 6.60. The Kier molecular flexibility index (Phi) is 4.68. The van der Waals surface area contributed by atoms with E-state index in [1.807, 2.05) is 4.90 Å². The van der Waals surface area contributed by atoms with Crippen LogP contribution in [0.25, 0.3) is 0 Å². The van der Waals surface area contributed by atoms with Crippen molar-refractivity contribution in [2.24, 2.45) is 11.7 Å². The molecular formula is C13H20N4O2. The predicted molar refractivity (Wildman–Crippen MR) is 70.9 cm³/mol. The molecule has 0 aromatic carbocycles. The summed E-state index contributed by atoms with van der Waals surface area (Å²) in [5, 5.41) is 0. The van der Waals surface area contributed by atoms with Gasteiger partial charge in [0.25, 0.3) is 5.91 Å². The number of carbonyl (C=O) groups excluding carboxylic acids is 1. The number of methoxy groups -OCH3 is 1. The highest BCUT2D eigenvalue weighted by molar-refractivity contribution is 5.90. The highest BCUT2D eigenvalue weighted by atomic mass is 16.5. The zero-order chi connectivity index (χ0) is 13.7. The number of ether oxygens (including phenoxy) is 1. The highest BCUT2D eigenvalue weighted by Crippen LogP contribution is 2.20. The lowest BCUT2D eigenvalue weighted by Gasteiger charge is -2.31. The van der Waals surface area contributed by atoms with Crippen LogP contribution in [0.2, 0.25) is 0 Å². The molecular weight excluding hydrogens is 244 g/mol. The van der Waals surface area contributed by atoms with Crippen LogP contribution in [-0.4, -0.2) is 47.5 Å². The molecule has 0 saturated carbocycles. The molecule has 2 heterocycles. The number of rotatable bonds is 4. The first kappa shape index (κ1) is 13.7. The molecule has 0 radical (unpaired) electrons. The van der Waals surface area contributed by atoms with Gasteiger partial charge >= 0.3 is 0 Å². The third-order valence-electron chi connectivity index (χ3n) is 3.53. The number of hydrogen-bond acceptors (Lipinski definition) is 5. The maximum absolute atomic E-state index is 12.2. The van der Waals surface area contributed by atoms with Crippen molar-refractivity contribution >= 4 is 5.91 Å². The fourth-order valence-electron chi connectivity index (χ4n) is 2.33. The van der Waals surface area contributed by atoms with E-state index in [9.17, 15) is 4.79 Å². The number of carbonyl (C=O) groups is 1. The first-order valence-electron chi connectivity index (χ1n) is 6.60. The zero-order valence-corrected chi connectivity index (χ0v) is 11.2. The van der Waals surface area contributed by atoms with E-state index in [4.69, 9.17) is 10.5 Å². The maximum Gasteiger partial charge on any atom is 0.291 e. The Morgan fingerprint density at radius 3 is 2.58 bits per heavy atom. The van der Waals surface area contributed by atoms with E-state index in [1.165, 1.54) is 12.4 Å². The standard InChI is InChI=1S/C13H20N4O2/c1-19-11-8-15-12(16-9-11)13(18)17-6-3-10(2-5-14)4-7-17/h8-10H,2-7,14H2,1H3. The van der Waals surface area contributed by atoms with Crippen LogP contribution in [0.15, 0.2) is 12.4 Å². The second-order valence-corrected chi connectivity index (χ2v) is 4.76. The van der Waals surface area contributed by atoms with Gasteiger partial charge in [-0.1, -0.05) is 0 Å². The molecule has 0 bridgehead atoms. The third-order valence-corrected chi connectivity index (χ3v) is 3.53. The molecule has 0 spiro atoms. The molecule has 1 aliphatic rings. The van der Waals surface area contributed by atoms with Crippen molar-refractivity contribution < 1.29 is 9.53 Å². The zero-order valence-electron chi connectivity index (χ0n) is 11.2. The molecule has 1 aromatic rings. The normalized spacial score (nSPS) is 16.4. The summed E-state index contributed by atoms with van der Waals surface area (Å²) in [6.07, 6.45) is 6.10. The summed E-state index contributed by atoms with van der Waals surface area (Å²) in [7, 11) is 1.54. The van der Waals surface area contributed by atoms with Crippen LogP contribution >= 0.6 is 0 Å². The summed E-state index contributed by atoms with van der Waals surface area (Å²) in [5.41, 5.74) is 5.56. The van der Waals surface area contributed by atoms with E-state index < -0.39 is 0 Å². The first-order chi connectivity index (χ1) is 9.24. The van der Waals surface area contributed by atoms with Crippen molar-refractivity contribution in [2.45, 2.75) is 19.3 Å². The number of hydrogen-bond donors (Lipinski definition) is 1. The smallest absolute Gasteiger partial charge is 0.291 e. The van der Waals surface area contributed by atoms with Crippen molar-refractivity contribution in [3.8, 4) is 5.75 Å². The second-order valence-electron chi connectivity index (χ2n) is 4.76. The van der Waals surface area contributed by atoms with Gasteiger partial charge in [-0.05, 0) is 31.7 Å². The van der Waals surface area contributed by atoms with Gasteiger partial charge in [-0.25, -0.2) is 9.97 Å². The van der Waals surface area contributed by atoms with E-state index in [-0.39, 0.29) is 11.7 Å². The van der Waals surface area contributed by atoms with Crippen LogP contribution in [0.3, 0.4) is 0 Å². The molecule has 0 unspecified atom stereocenters. The van der Waals surface area contributed by atoms with Gasteiger partial charge in [0.1, 0.15) is 0 Å². The topological polar surface area (TPSA) is 81.3 Å².